The number of nitrogens with zero attached hydrogens (tertiary/aromatic N) is 1. The maximum absolute atomic E-state index is 12.3. The van der Waals surface area contributed by atoms with Crippen molar-refractivity contribution in [2.75, 3.05) is 13.1 Å². The van der Waals surface area contributed by atoms with Crippen molar-refractivity contribution in [2.45, 2.75) is 71.8 Å². The second-order valence-electron chi connectivity index (χ2n) is 5.78. The number of nitrogens with one attached hydrogen (secondary N) is 1. The lowest BCUT2D eigenvalue weighted by Crippen LogP contribution is -2.48. The summed E-state index contributed by atoms with van der Waals surface area (Å²) < 4.78 is 0. The summed E-state index contributed by atoms with van der Waals surface area (Å²) in [5, 5.41) is 3.09. The fraction of sp³-hybridized carbons (Fsp3) is 0.875. The highest BCUT2D eigenvalue weighted by Gasteiger charge is 2.26. The molecule has 20 heavy (non-hydrogen) atoms. The normalized spacial score (nSPS) is 16.5. The van der Waals surface area contributed by atoms with E-state index < -0.39 is 0 Å². The molecular formula is C16H30N2O2. The molecule has 0 aliphatic carbocycles. The lowest BCUT2D eigenvalue weighted by molar-refractivity contribution is -0.137. The Morgan fingerprint density at radius 2 is 1.75 bits per heavy atom. The molecule has 1 aliphatic rings. The van der Waals surface area contributed by atoms with Gasteiger partial charge in [0, 0.05) is 31.5 Å². The molecule has 116 valence electrons. The van der Waals surface area contributed by atoms with Gasteiger partial charge in [0.15, 0.2) is 0 Å². The molecule has 4 heteroatoms. The molecule has 0 aromatic heterocycles. The van der Waals surface area contributed by atoms with Crippen molar-refractivity contribution in [3.63, 3.8) is 0 Å². The molecule has 0 aromatic carbocycles. The molecule has 0 saturated carbocycles. The van der Waals surface area contributed by atoms with E-state index in [4.69, 9.17) is 0 Å². The maximum Gasteiger partial charge on any atom is 0.225 e. The average molecular weight is 282 g/mol. The van der Waals surface area contributed by atoms with Gasteiger partial charge in [-0.05, 0) is 32.1 Å². The summed E-state index contributed by atoms with van der Waals surface area (Å²) in [7, 11) is 0. The van der Waals surface area contributed by atoms with Crippen molar-refractivity contribution < 1.29 is 9.59 Å². The van der Waals surface area contributed by atoms with Crippen LogP contribution in [0.15, 0.2) is 0 Å². The largest absolute Gasteiger partial charge is 0.353 e. The number of rotatable bonds is 7. The Balaban J connectivity index is 2.32. The molecule has 0 radical (unpaired) electrons. The Morgan fingerprint density at radius 3 is 2.25 bits per heavy atom. The second-order valence-corrected chi connectivity index (χ2v) is 5.78. The fourth-order valence-corrected chi connectivity index (χ4v) is 2.78. The van der Waals surface area contributed by atoms with Crippen molar-refractivity contribution in [1.29, 1.82) is 0 Å². The summed E-state index contributed by atoms with van der Waals surface area (Å²) in [6.07, 6.45) is 6.26. The average Bonchev–Trinajstić information content (AvgIpc) is 2.47. The summed E-state index contributed by atoms with van der Waals surface area (Å²) in [5.41, 5.74) is 0. The Hall–Kier alpha value is -1.06. The molecule has 4 nitrogen and oxygen atoms in total. The Bertz CT molecular complexity index is 306. The van der Waals surface area contributed by atoms with Gasteiger partial charge in [-0.2, -0.15) is 0 Å². The van der Waals surface area contributed by atoms with Gasteiger partial charge in [0.2, 0.25) is 11.8 Å². The van der Waals surface area contributed by atoms with Crippen LogP contribution >= 0.6 is 0 Å². The highest BCUT2D eigenvalue weighted by Crippen LogP contribution is 2.17. The maximum atomic E-state index is 12.3. The number of unbranched alkanes of at least 4 members (excludes halogenated alkanes) is 1. The van der Waals surface area contributed by atoms with Gasteiger partial charge in [-0.15, -0.1) is 0 Å². The van der Waals surface area contributed by atoms with Crippen LogP contribution in [-0.4, -0.2) is 35.8 Å². The summed E-state index contributed by atoms with van der Waals surface area (Å²) in [6.45, 7) is 7.82. The van der Waals surface area contributed by atoms with Crippen LogP contribution in [0.4, 0.5) is 0 Å². The van der Waals surface area contributed by atoms with Crippen LogP contribution in [0, 0.1) is 5.92 Å². The number of carbonyl (C=O) groups is 2. The molecule has 1 heterocycles. The van der Waals surface area contributed by atoms with Crippen LogP contribution in [0.2, 0.25) is 0 Å². The molecule has 0 atom stereocenters. The quantitative estimate of drug-likeness (QED) is 0.780. The summed E-state index contributed by atoms with van der Waals surface area (Å²) in [6, 6.07) is 0.255. The molecule has 1 aliphatic heterocycles. The molecule has 0 spiro atoms. The van der Waals surface area contributed by atoms with Gasteiger partial charge in [0.05, 0.1) is 0 Å². The van der Waals surface area contributed by atoms with Crippen molar-refractivity contribution in [2.24, 2.45) is 5.92 Å². The lowest BCUT2D eigenvalue weighted by Gasteiger charge is -2.34. The standard InChI is InChI=1S/C16H30N2O2/c1-4-7-8-15(19)17-14-9-11-18(12-10-14)16(20)13(5-2)6-3/h13-14H,4-12H2,1-3H3,(H,17,19). The van der Waals surface area contributed by atoms with Crippen LogP contribution in [0.5, 0.6) is 0 Å². The molecule has 0 unspecified atom stereocenters. The van der Waals surface area contributed by atoms with E-state index in [0.717, 1.165) is 51.6 Å². The van der Waals surface area contributed by atoms with E-state index in [1.165, 1.54) is 0 Å². The number of hydrogen-bond donors (Lipinski definition) is 1. The van der Waals surface area contributed by atoms with E-state index in [0.29, 0.717) is 12.3 Å². The first-order valence-electron chi connectivity index (χ1n) is 8.20. The van der Waals surface area contributed by atoms with Crippen LogP contribution in [0.1, 0.15) is 65.7 Å². The summed E-state index contributed by atoms with van der Waals surface area (Å²) in [5.74, 6) is 0.632. The highest BCUT2D eigenvalue weighted by atomic mass is 16.2. The first-order valence-corrected chi connectivity index (χ1v) is 8.20. The van der Waals surface area contributed by atoms with E-state index in [-0.39, 0.29) is 17.9 Å². The van der Waals surface area contributed by atoms with E-state index in [1.54, 1.807) is 0 Å². The van der Waals surface area contributed by atoms with Gasteiger partial charge in [0.25, 0.3) is 0 Å². The summed E-state index contributed by atoms with van der Waals surface area (Å²) >= 11 is 0. The smallest absolute Gasteiger partial charge is 0.225 e. The minimum absolute atomic E-state index is 0.164. The molecule has 1 rings (SSSR count). The number of piperidine rings is 1. The van der Waals surface area contributed by atoms with Crippen LogP contribution in [-0.2, 0) is 9.59 Å². The third kappa shape index (κ3) is 5.14. The van der Waals surface area contributed by atoms with Crippen molar-refractivity contribution in [3.05, 3.63) is 0 Å². The van der Waals surface area contributed by atoms with Gasteiger partial charge in [-0.1, -0.05) is 27.2 Å². The predicted molar refractivity (Wildman–Crippen MR) is 81.3 cm³/mol. The highest BCUT2D eigenvalue weighted by molar-refractivity contribution is 5.79. The zero-order valence-corrected chi connectivity index (χ0v) is 13.3. The molecule has 2 amide bonds. The van der Waals surface area contributed by atoms with Crippen molar-refractivity contribution in [3.8, 4) is 0 Å². The minimum atomic E-state index is 0.164. The Kier molecular flexibility index (Phi) is 7.63. The van der Waals surface area contributed by atoms with Gasteiger partial charge < -0.3 is 10.2 Å². The van der Waals surface area contributed by atoms with Gasteiger partial charge >= 0.3 is 0 Å². The molecule has 1 N–H and O–H groups in total. The zero-order chi connectivity index (χ0) is 15.0. The van der Waals surface area contributed by atoms with Crippen molar-refractivity contribution >= 4 is 11.8 Å². The lowest BCUT2D eigenvalue weighted by atomic mass is 9.98. The minimum Gasteiger partial charge on any atom is -0.353 e. The van der Waals surface area contributed by atoms with E-state index in [2.05, 4.69) is 26.1 Å². The fourth-order valence-electron chi connectivity index (χ4n) is 2.78. The number of carbonyl (C=O) groups excluding carboxylic acids is 2. The van der Waals surface area contributed by atoms with E-state index >= 15 is 0 Å². The molecule has 1 fully saturated rings. The number of amides is 2. The topological polar surface area (TPSA) is 49.4 Å². The number of hydrogen-bond acceptors (Lipinski definition) is 2. The predicted octanol–water partition coefficient (Wildman–Crippen LogP) is 2.72. The molecular weight excluding hydrogens is 252 g/mol. The van der Waals surface area contributed by atoms with Crippen LogP contribution in [0.3, 0.4) is 0 Å². The van der Waals surface area contributed by atoms with Gasteiger partial charge in [-0.3, -0.25) is 9.59 Å². The van der Waals surface area contributed by atoms with Gasteiger partial charge in [0.1, 0.15) is 0 Å². The SMILES string of the molecule is CCCCC(=O)NC1CCN(C(=O)C(CC)CC)CC1. The first kappa shape index (κ1) is 17.0. The van der Waals surface area contributed by atoms with Crippen molar-refractivity contribution in [1.82, 2.24) is 10.2 Å². The molecule has 0 aromatic rings. The van der Waals surface area contributed by atoms with Crippen LogP contribution in [0.25, 0.3) is 0 Å². The van der Waals surface area contributed by atoms with E-state index in [1.807, 2.05) is 4.90 Å². The van der Waals surface area contributed by atoms with Crippen LogP contribution < -0.4 is 5.32 Å². The third-order valence-electron chi connectivity index (χ3n) is 4.26. The molecule has 1 saturated heterocycles. The Labute approximate surface area is 123 Å². The third-order valence-corrected chi connectivity index (χ3v) is 4.26. The van der Waals surface area contributed by atoms with E-state index in [9.17, 15) is 9.59 Å². The monoisotopic (exact) mass is 282 g/mol. The summed E-state index contributed by atoms with van der Waals surface area (Å²) in [4.78, 5) is 25.9. The second kappa shape index (κ2) is 8.98. The zero-order valence-electron chi connectivity index (χ0n) is 13.3. The molecule has 0 bridgehead atoms. The number of likely N-dealkylation sites (tertiary alicyclic amines) is 1. The van der Waals surface area contributed by atoms with Gasteiger partial charge in [-0.25, -0.2) is 0 Å². The Morgan fingerprint density at radius 1 is 1.15 bits per heavy atom. The first-order chi connectivity index (χ1) is 9.62.